The number of rotatable bonds is 10. The van der Waals surface area contributed by atoms with Gasteiger partial charge >= 0.3 is 5.97 Å². The van der Waals surface area contributed by atoms with Crippen LogP contribution >= 0.6 is 0 Å². The molecular weight excluding hydrogens is 466 g/mol. The molecule has 2 amide bonds. The summed E-state index contributed by atoms with van der Waals surface area (Å²) in [6.07, 6.45) is 3.39. The van der Waals surface area contributed by atoms with Gasteiger partial charge in [-0.3, -0.25) is 9.59 Å². The molecule has 3 atom stereocenters. The Labute approximate surface area is 223 Å². The molecule has 0 radical (unpaired) electrons. The van der Waals surface area contributed by atoms with Gasteiger partial charge in [-0.15, -0.1) is 0 Å². The summed E-state index contributed by atoms with van der Waals surface area (Å²) in [4.78, 5) is 40.4. The van der Waals surface area contributed by atoms with Crippen LogP contribution < -0.4 is 10.6 Å². The van der Waals surface area contributed by atoms with Gasteiger partial charge in [0.25, 0.3) is 0 Å². The lowest BCUT2D eigenvalue weighted by Gasteiger charge is -2.39. The van der Waals surface area contributed by atoms with Crippen molar-refractivity contribution in [2.24, 2.45) is 5.41 Å². The van der Waals surface area contributed by atoms with Gasteiger partial charge in [-0.2, -0.15) is 0 Å². The summed E-state index contributed by atoms with van der Waals surface area (Å²) in [6, 6.07) is 4.21. The van der Waals surface area contributed by atoms with E-state index in [1.807, 2.05) is 60.6 Å². The lowest BCUT2D eigenvalue weighted by atomic mass is 9.76. The van der Waals surface area contributed by atoms with Gasteiger partial charge < -0.3 is 20.6 Å². The third-order valence-electron chi connectivity index (χ3n) is 6.98. The van der Waals surface area contributed by atoms with Crippen molar-refractivity contribution < 1.29 is 19.5 Å². The monoisotopic (exact) mass is 513 g/mol. The number of nitrogens with one attached hydrogen (secondary N) is 2. The molecule has 1 rings (SSSR count). The lowest BCUT2D eigenvalue weighted by Crippen LogP contribution is -2.61. The zero-order valence-electron chi connectivity index (χ0n) is 24.7. The smallest absolute Gasteiger partial charge is 0.331 e. The molecule has 1 unspecified atom stereocenters. The molecule has 3 N–H and O–H groups in total. The van der Waals surface area contributed by atoms with E-state index in [1.54, 1.807) is 20.2 Å². The Morgan fingerprint density at radius 2 is 1.51 bits per heavy atom. The highest BCUT2D eigenvalue weighted by Crippen LogP contribution is 2.30. The van der Waals surface area contributed by atoms with Gasteiger partial charge in [0.15, 0.2) is 0 Å². The number of hydrogen-bond donors (Lipinski definition) is 3. The number of nitrogens with zero attached hydrogens (tertiary/aromatic N) is 1. The van der Waals surface area contributed by atoms with E-state index in [9.17, 15) is 19.5 Å². The molecule has 0 aliphatic carbocycles. The van der Waals surface area contributed by atoms with Crippen molar-refractivity contribution in [2.75, 3.05) is 14.1 Å². The molecule has 0 heterocycles. The summed E-state index contributed by atoms with van der Waals surface area (Å²) in [5.41, 5.74) is 3.30. The van der Waals surface area contributed by atoms with E-state index < -0.39 is 34.9 Å². The van der Waals surface area contributed by atoms with Gasteiger partial charge in [-0.1, -0.05) is 64.5 Å². The summed E-state index contributed by atoms with van der Waals surface area (Å²) in [7, 11) is 3.38. The number of carbonyl (C=O) groups is 3. The van der Waals surface area contributed by atoms with E-state index in [-0.39, 0.29) is 17.4 Å². The van der Waals surface area contributed by atoms with Gasteiger partial charge in [0.05, 0.1) is 12.1 Å². The van der Waals surface area contributed by atoms with Gasteiger partial charge in [0.2, 0.25) is 11.8 Å². The van der Waals surface area contributed by atoms with Crippen LogP contribution in [0.1, 0.15) is 72.1 Å². The molecule has 0 saturated heterocycles. The maximum atomic E-state index is 13.8. The second-order valence-corrected chi connectivity index (χ2v) is 11.9. The van der Waals surface area contributed by atoms with Crippen LogP contribution in [0.4, 0.5) is 0 Å². The molecule has 0 aromatic heterocycles. The van der Waals surface area contributed by atoms with Crippen LogP contribution in [0.3, 0.4) is 0 Å². The highest BCUT2D eigenvalue weighted by molar-refractivity contribution is 5.92. The van der Waals surface area contributed by atoms with Gasteiger partial charge in [0, 0.05) is 18.0 Å². The molecule has 37 heavy (non-hydrogen) atoms. The van der Waals surface area contributed by atoms with E-state index in [0.29, 0.717) is 0 Å². The number of hydrogen-bond acceptors (Lipinski definition) is 4. The Morgan fingerprint density at radius 1 is 0.946 bits per heavy atom. The zero-order chi connectivity index (χ0) is 28.9. The first kappa shape index (κ1) is 32.1. The Balaban J connectivity index is 3.39. The van der Waals surface area contributed by atoms with Crippen molar-refractivity contribution in [3.05, 3.63) is 58.2 Å². The lowest BCUT2D eigenvalue weighted by molar-refractivity contribution is -0.139. The van der Waals surface area contributed by atoms with E-state index in [4.69, 9.17) is 0 Å². The van der Waals surface area contributed by atoms with Crippen LogP contribution in [0.15, 0.2) is 41.5 Å². The number of aliphatic carboxylic acids is 1. The molecule has 7 heteroatoms. The quantitative estimate of drug-likeness (QED) is 0.316. The highest BCUT2D eigenvalue weighted by Gasteiger charge is 2.41. The summed E-state index contributed by atoms with van der Waals surface area (Å²) in [5.74, 6) is -1.61. The van der Waals surface area contributed by atoms with E-state index >= 15 is 0 Å². The van der Waals surface area contributed by atoms with Crippen LogP contribution in [0.5, 0.6) is 0 Å². The zero-order valence-corrected chi connectivity index (χ0v) is 24.7. The minimum Gasteiger partial charge on any atom is -0.478 e. The second kappa shape index (κ2) is 12.5. The van der Waals surface area contributed by atoms with Gasteiger partial charge in [-0.25, -0.2) is 4.79 Å². The maximum Gasteiger partial charge on any atom is 0.331 e. The first-order valence-corrected chi connectivity index (χ1v) is 12.7. The molecule has 206 valence electrons. The van der Waals surface area contributed by atoms with Crippen molar-refractivity contribution in [1.29, 1.82) is 0 Å². The van der Waals surface area contributed by atoms with Crippen molar-refractivity contribution >= 4 is 17.8 Å². The number of amides is 2. The van der Waals surface area contributed by atoms with E-state index in [1.165, 1.54) is 17.4 Å². The molecule has 0 spiro atoms. The molecule has 1 aromatic rings. The second-order valence-electron chi connectivity index (χ2n) is 11.9. The van der Waals surface area contributed by atoms with Crippen molar-refractivity contribution in [3.63, 3.8) is 0 Å². The summed E-state index contributed by atoms with van der Waals surface area (Å²) < 4.78 is 0. The van der Waals surface area contributed by atoms with Gasteiger partial charge in [0.1, 0.15) is 6.04 Å². The molecular formula is C30H47N3O4. The van der Waals surface area contributed by atoms with Gasteiger partial charge in [-0.05, 0) is 69.8 Å². The van der Waals surface area contributed by atoms with Crippen LogP contribution in [-0.2, 0) is 19.8 Å². The van der Waals surface area contributed by atoms with E-state index in [2.05, 4.69) is 36.6 Å². The fraction of sp³-hybridized carbons (Fsp3) is 0.567. The average molecular weight is 514 g/mol. The number of likely N-dealkylation sites (N-methyl/N-ethyl adjacent to an activating group) is 2. The predicted octanol–water partition coefficient (Wildman–Crippen LogP) is 4.52. The number of benzene rings is 1. The minimum absolute atomic E-state index is 0.142. The SMILES string of the molecule is CN[C@H](C(=O)N[C@H](C(=O)N(C)C(C=C(C)C)/C=C(\C)C(=O)O)C(C)(C)C)C(C)(C)c1ccc(C)c(C)c1. The number of allylic oxidation sites excluding steroid dienone is 1. The number of carbonyl (C=O) groups excluding carboxylic acids is 2. The van der Waals surface area contributed by atoms with Crippen LogP contribution in [0.2, 0.25) is 0 Å². The largest absolute Gasteiger partial charge is 0.478 e. The first-order valence-electron chi connectivity index (χ1n) is 12.7. The topological polar surface area (TPSA) is 98.7 Å². The van der Waals surface area contributed by atoms with E-state index in [0.717, 1.165) is 16.7 Å². The summed E-state index contributed by atoms with van der Waals surface area (Å²) in [6.45, 7) is 19.1. The number of aryl methyl sites for hydroxylation is 2. The van der Waals surface area contributed by atoms with Crippen molar-refractivity contribution in [1.82, 2.24) is 15.5 Å². The summed E-state index contributed by atoms with van der Waals surface area (Å²) >= 11 is 0. The van der Waals surface area contributed by atoms with Crippen LogP contribution in [0, 0.1) is 19.3 Å². The Morgan fingerprint density at radius 3 is 1.95 bits per heavy atom. The molecule has 1 aromatic carbocycles. The number of carboxylic acids is 1. The fourth-order valence-electron chi connectivity index (χ4n) is 4.29. The Kier molecular flexibility index (Phi) is 10.9. The highest BCUT2D eigenvalue weighted by atomic mass is 16.4. The van der Waals surface area contributed by atoms with Crippen LogP contribution in [-0.4, -0.2) is 60.0 Å². The minimum atomic E-state index is -1.04. The predicted molar refractivity (Wildman–Crippen MR) is 151 cm³/mol. The maximum absolute atomic E-state index is 13.8. The molecule has 0 aliphatic heterocycles. The molecule has 0 fully saturated rings. The summed E-state index contributed by atoms with van der Waals surface area (Å²) in [5, 5.41) is 15.6. The Hall–Kier alpha value is -2.93. The molecule has 0 bridgehead atoms. The standard InChI is InChI=1S/C30H47N3O4/c1-18(2)15-23(17-21(5)28(36)37)33(12)27(35)25(29(6,7)8)32-26(34)24(31-11)30(9,10)22-14-13-19(3)20(4)16-22/h13-17,23-25,31H,1-12H3,(H,32,34)(H,36,37)/b21-17+/t23?,24-,25-/m1/s1. The third-order valence-corrected chi connectivity index (χ3v) is 6.98. The molecule has 0 aliphatic rings. The molecule has 7 nitrogen and oxygen atoms in total. The fourth-order valence-corrected chi connectivity index (χ4v) is 4.29. The third kappa shape index (κ3) is 8.29. The van der Waals surface area contributed by atoms with Crippen molar-refractivity contribution in [2.45, 2.75) is 92.8 Å². The first-order chi connectivity index (χ1) is 16.8. The van der Waals surface area contributed by atoms with Crippen molar-refractivity contribution in [3.8, 4) is 0 Å². The number of carboxylic acid groups (broad SMARTS) is 1. The normalized spacial score (nSPS) is 14.9. The molecule has 0 saturated carbocycles. The Bertz CT molecular complexity index is 1060. The van der Waals surface area contributed by atoms with Crippen LogP contribution in [0.25, 0.3) is 0 Å². The average Bonchev–Trinajstić information content (AvgIpc) is 2.76.